The van der Waals surface area contributed by atoms with Gasteiger partial charge in [-0.3, -0.25) is 20.7 Å². The van der Waals surface area contributed by atoms with Gasteiger partial charge in [-0.1, -0.05) is 26.7 Å². The van der Waals surface area contributed by atoms with Crippen LogP contribution in [0.3, 0.4) is 0 Å². The highest BCUT2D eigenvalue weighted by molar-refractivity contribution is 5.72. The molecular weight excluding hydrogens is 280 g/mol. The number of unbranched alkanes of at least 4 members (excludes halogenated alkanes) is 1. The van der Waals surface area contributed by atoms with Crippen molar-refractivity contribution in [3.63, 3.8) is 0 Å². The van der Waals surface area contributed by atoms with E-state index in [4.69, 9.17) is 4.74 Å². The maximum absolute atomic E-state index is 12.5. The third-order valence-electron chi connectivity index (χ3n) is 4.14. The lowest BCUT2D eigenvalue weighted by Gasteiger charge is -2.39. The topological polar surface area (TPSA) is 65.6 Å². The van der Waals surface area contributed by atoms with Crippen molar-refractivity contribution in [2.75, 3.05) is 34.0 Å². The van der Waals surface area contributed by atoms with E-state index in [-0.39, 0.29) is 11.9 Å². The fraction of sp³-hybridized carbons (Fsp3) is 0.938. The largest absolute Gasteiger partial charge is 0.430 e. The number of carbonyl (C=O) groups is 1. The lowest BCUT2D eigenvalue weighted by Crippen LogP contribution is -2.68. The van der Waals surface area contributed by atoms with E-state index in [0.29, 0.717) is 13.3 Å². The molecular formula is C16H34N4O2. The van der Waals surface area contributed by atoms with Crippen LogP contribution in [0, 0.1) is 5.92 Å². The summed E-state index contributed by atoms with van der Waals surface area (Å²) >= 11 is 0. The number of ether oxygens (including phenoxy) is 1. The van der Waals surface area contributed by atoms with Gasteiger partial charge in [0.15, 0.2) is 0 Å². The van der Waals surface area contributed by atoms with Crippen molar-refractivity contribution in [3.8, 4) is 0 Å². The molecule has 130 valence electrons. The van der Waals surface area contributed by atoms with E-state index >= 15 is 0 Å². The maximum atomic E-state index is 12.5. The van der Waals surface area contributed by atoms with Gasteiger partial charge in [0.25, 0.3) is 0 Å². The number of rotatable bonds is 10. The van der Waals surface area contributed by atoms with Crippen LogP contribution in [0.4, 0.5) is 0 Å². The molecule has 0 spiro atoms. The van der Waals surface area contributed by atoms with Gasteiger partial charge in [-0.15, -0.1) is 0 Å². The quantitative estimate of drug-likeness (QED) is 0.530. The maximum Gasteiger partial charge on any atom is 0.311 e. The van der Waals surface area contributed by atoms with E-state index in [9.17, 15) is 4.79 Å². The molecule has 0 amide bonds. The van der Waals surface area contributed by atoms with Crippen LogP contribution in [0.15, 0.2) is 0 Å². The van der Waals surface area contributed by atoms with Crippen molar-refractivity contribution in [2.24, 2.45) is 5.92 Å². The lowest BCUT2D eigenvalue weighted by molar-refractivity contribution is -0.178. The van der Waals surface area contributed by atoms with Crippen LogP contribution in [-0.4, -0.2) is 50.7 Å². The molecule has 0 aromatic heterocycles. The highest BCUT2D eigenvalue weighted by atomic mass is 16.6. The van der Waals surface area contributed by atoms with Crippen LogP contribution in [0.2, 0.25) is 0 Å². The molecule has 1 heterocycles. The Morgan fingerprint density at radius 3 is 2.45 bits per heavy atom. The Kier molecular flexibility index (Phi) is 8.93. The molecule has 0 radical (unpaired) electrons. The third-order valence-corrected chi connectivity index (χ3v) is 4.14. The van der Waals surface area contributed by atoms with Crippen molar-refractivity contribution >= 4 is 5.97 Å². The Hall–Kier alpha value is -0.690. The summed E-state index contributed by atoms with van der Waals surface area (Å²) in [6, 6.07) is 0. The number of esters is 1. The summed E-state index contributed by atoms with van der Waals surface area (Å²) in [5.41, 5.74) is 0. The summed E-state index contributed by atoms with van der Waals surface area (Å²) in [4.78, 5) is 14.7. The fourth-order valence-corrected chi connectivity index (χ4v) is 2.67. The fourth-order valence-electron chi connectivity index (χ4n) is 2.67. The number of nitrogens with zero attached hydrogens (tertiary/aromatic N) is 1. The van der Waals surface area contributed by atoms with E-state index in [1.165, 1.54) is 0 Å². The van der Waals surface area contributed by atoms with Crippen molar-refractivity contribution in [2.45, 2.75) is 58.2 Å². The van der Waals surface area contributed by atoms with Crippen molar-refractivity contribution < 1.29 is 9.53 Å². The number of nitrogens with one attached hydrogen (secondary N) is 3. The summed E-state index contributed by atoms with van der Waals surface area (Å²) < 4.78 is 5.89. The van der Waals surface area contributed by atoms with Crippen molar-refractivity contribution in [1.82, 2.24) is 20.9 Å². The van der Waals surface area contributed by atoms with Gasteiger partial charge in [0.1, 0.15) is 0 Å². The summed E-state index contributed by atoms with van der Waals surface area (Å²) in [6.07, 6.45) is 5.67. The molecule has 1 atom stereocenters. The van der Waals surface area contributed by atoms with E-state index < -0.39 is 5.85 Å². The van der Waals surface area contributed by atoms with Gasteiger partial charge in [-0.05, 0) is 39.9 Å². The molecule has 22 heavy (non-hydrogen) atoms. The zero-order chi connectivity index (χ0) is 16.4. The Morgan fingerprint density at radius 1 is 1.23 bits per heavy atom. The van der Waals surface area contributed by atoms with Crippen LogP contribution < -0.4 is 16.0 Å². The predicted octanol–water partition coefficient (Wildman–Crippen LogP) is 1.44. The Labute approximate surface area is 135 Å². The second kappa shape index (κ2) is 10.2. The summed E-state index contributed by atoms with van der Waals surface area (Å²) in [7, 11) is 4.11. The van der Waals surface area contributed by atoms with Gasteiger partial charge in [0.2, 0.25) is 5.85 Å². The zero-order valence-corrected chi connectivity index (χ0v) is 14.7. The van der Waals surface area contributed by atoms with Crippen LogP contribution in [-0.2, 0) is 9.53 Å². The number of hydrogen-bond acceptors (Lipinski definition) is 6. The smallest absolute Gasteiger partial charge is 0.311 e. The molecule has 1 aliphatic rings. The molecule has 6 nitrogen and oxygen atoms in total. The van der Waals surface area contributed by atoms with E-state index in [0.717, 1.165) is 45.1 Å². The van der Waals surface area contributed by atoms with E-state index in [2.05, 4.69) is 48.8 Å². The van der Waals surface area contributed by atoms with Gasteiger partial charge in [0.05, 0.1) is 19.3 Å². The molecule has 3 N–H and O–H groups in total. The van der Waals surface area contributed by atoms with Crippen molar-refractivity contribution in [1.29, 1.82) is 0 Å². The van der Waals surface area contributed by atoms with Gasteiger partial charge in [-0.2, -0.15) is 0 Å². The van der Waals surface area contributed by atoms with E-state index in [1.807, 2.05) is 0 Å². The molecule has 0 bridgehead atoms. The first-order valence-electron chi connectivity index (χ1n) is 8.61. The van der Waals surface area contributed by atoms with Gasteiger partial charge in [0, 0.05) is 6.42 Å². The first-order chi connectivity index (χ1) is 10.5. The highest BCUT2D eigenvalue weighted by Crippen LogP contribution is 2.20. The van der Waals surface area contributed by atoms with Crippen LogP contribution in [0.5, 0.6) is 0 Å². The molecule has 0 aromatic carbocycles. The second-order valence-corrected chi connectivity index (χ2v) is 6.36. The number of hydrogen-bond donors (Lipinski definition) is 3. The summed E-state index contributed by atoms with van der Waals surface area (Å²) in [5, 5.41) is 9.74. The SMILES string of the molecule is CCCCC(CC)C(=O)OC1(CCCN(C)C)NCNCN1. The molecule has 0 saturated carbocycles. The first-order valence-corrected chi connectivity index (χ1v) is 8.61. The molecule has 1 rings (SSSR count). The minimum atomic E-state index is -0.724. The summed E-state index contributed by atoms with van der Waals surface area (Å²) in [5.74, 6) is -0.801. The molecule has 0 aromatic rings. The average Bonchev–Trinajstić information content (AvgIpc) is 2.48. The molecule has 1 aliphatic heterocycles. The predicted molar refractivity (Wildman–Crippen MR) is 89.1 cm³/mol. The Bertz CT molecular complexity index is 317. The number of carbonyl (C=O) groups excluding carboxylic acids is 1. The van der Waals surface area contributed by atoms with Gasteiger partial charge >= 0.3 is 5.97 Å². The van der Waals surface area contributed by atoms with Crippen LogP contribution in [0.25, 0.3) is 0 Å². The van der Waals surface area contributed by atoms with Gasteiger partial charge in [-0.25, -0.2) is 0 Å². The Morgan fingerprint density at radius 2 is 1.91 bits per heavy atom. The van der Waals surface area contributed by atoms with Crippen LogP contribution in [0.1, 0.15) is 52.4 Å². The highest BCUT2D eigenvalue weighted by Gasteiger charge is 2.36. The Balaban J connectivity index is 2.60. The minimum absolute atomic E-state index is 0.00385. The van der Waals surface area contributed by atoms with Gasteiger partial charge < -0.3 is 9.64 Å². The monoisotopic (exact) mass is 314 g/mol. The third kappa shape index (κ3) is 6.60. The molecule has 1 unspecified atom stereocenters. The average molecular weight is 314 g/mol. The van der Waals surface area contributed by atoms with Crippen LogP contribution >= 0.6 is 0 Å². The van der Waals surface area contributed by atoms with Crippen molar-refractivity contribution in [3.05, 3.63) is 0 Å². The molecule has 1 fully saturated rings. The van der Waals surface area contributed by atoms with E-state index in [1.54, 1.807) is 0 Å². The molecule has 0 aliphatic carbocycles. The molecule has 6 heteroatoms. The minimum Gasteiger partial charge on any atom is -0.430 e. The first kappa shape index (κ1) is 19.4. The molecule has 1 saturated heterocycles. The summed E-state index contributed by atoms with van der Waals surface area (Å²) in [6.45, 7) is 6.48. The standard InChI is InChI=1S/C16H34N4O2/c1-5-7-9-14(6-2)15(21)22-16(10-8-11-20(3)4)18-12-17-13-19-16/h14,17-19H,5-13H2,1-4H3. The zero-order valence-electron chi connectivity index (χ0n) is 14.7. The second-order valence-electron chi connectivity index (χ2n) is 6.36. The lowest BCUT2D eigenvalue weighted by atomic mass is 9.99. The normalized spacial score (nSPS) is 19.1.